The third-order valence-electron chi connectivity index (χ3n) is 2.60. The lowest BCUT2D eigenvalue weighted by Crippen LogP contribution is -2.23. The average Bonchev–Trinajstić information content (AvgIpc) is 2.88. The van der Waals surface area contributed by atoms with Crippen molar-refractivity contribution < 1.29 is 9.34 Å². The first-order valence-electron chi connectivity index (χ1n) is 5.57. The molecule has 2 rings (SSSR count). The lowest BCUT2D eigenvalue weighted by Gasteiger charge is -2.20. The second-order valence-electron chi connectivity index (χ2n) is 3.75. The second-order valence-corrected chi connectivity index (χ2v) is 3.75. The van der Waals surface area contributed by atoms with Gasteiger partial charge in [0, 0.05) is 30.9 Å². The molecular weight excluding hydrogens is 234 g/mol. The van der Waals surface area contributed by atoms with Crippen LogP contribution in [0.25, 0.3) is 0 Å². The average molecular weight is 247 g/mol. The fourth-order valence-corrected chi connectivity index (χ4v) is 1.71. The van der Waals surface area contributed by atoms with E-state index in [9.17, 15) is 10.1 Å². The van der Waals surface area contributed by atoms with Gasteiger partial charge in [-0.2, -0.15) is 0 Å². The third kappa shape index (κ3) is 2.48. The van der Waals surface area contributed by atoms with Crippen LogP contribution in [0, 0.1) is 10.1 Å². The van der Waals surface area contributed by atoms with Crippen molar-refractivity contribution in [1.29, 1.82) is 0 Å². The number of hydrogen-bond acceptors (Lipinski definition) is 5. The van der Waals surface area contributed by atoms with Gasteiger partial charge in [0.1, 0.15) is 0 Å². The summed E-state index contributed by atoms with van der Waals surface area (Å²) in [5, 5.41) is 11.0. The van der Waals surface area contributed by atoms with Crippen LogP contribution in [0.4, 0.5) is 11.5 Å². The van der Waals surface area contributed by atoms with Crippen molar-refractivity contribution in [2.75, 3.05) is 11.4 Å². The van der Waals surface area contributed by atoms with Gasteiger partial charge in [-0.05, 0) is 19.1 Å². The van der Waals surface area contributed by atoms with Crippen LogP contribution in [0.1, 0.15) is 12.5 Å². The second kappa shape index (κ2) is 5.31. The van der Waals surface area contributed by atoms with Crippen molar-refractivity contribution in [3.8, 4) is 0 Å². The molecule has 0 spiro atoms. The van der Waals surface area contributed by atoms with Crippen LogP contribution in [0.2, 0.25) is 0 Å². The fraction of sp³-hybridized carbons (Fsp3) is 0.250. The van der Waals surface area contributed by atoms with Gasteiger partial charge in [-0.15, -0.1) is 0 Å². The van der Waals surface area contributed by atoms with Crippen molar-refractivity contribution in [3.05, 3.63) is 52.6 Å². The summed E-state index contributed by atoms with van der Waals surface area (Å²) in [4.78, 5) is 16.5. The molecule has 2 heterocycles. The number of furan rings is 1. The van der Waals surface area contributed by atoms with Gasteiger partial charge in [0.25, 0.3) is 0 Å². The maximum absolute atomic E-state index is 11.0. The largest absolute Gasteiger partial charge is 0.472 e. The molecule has 18 heavy (non-hydrogen) atoms. The zero-order valence-electron chi connectivity index (χ0n) is 9.94. The molecular formula is C12H13N3O3. The monoisotopic (exact) mass is 247 g/mol. The van der Waals surface area contributed by atoms with Gasteiger partial charge >= 0.3 is 5.69 Å². The molecule has 6 heteroatoms. The smallest absolute Gasteiger partial charge is 0.311 e. The molecule has 6 nitrogen and oxygen atoms in total. The highest BCUT2D eigenvalue weighted by atomic mass is 16.6. The van der Waals surface area contributed by atoms with Crippen molar-refractivity contribution in [2.45, 2.75) is 13.5 Å². The molecule has 0 aromatic carbocycles. The maximum atomic E-state index is 11.0. The first-order valence-corrected chi connectivity index (χ1v) is 5.57. The quantitative estimate of drug-likeness (QED) is 0.599. The zero-order chi connectivity index (χ0) is 13.0. The van der Waals surface area contributed by atoms with E-state index in [0.717, 1.165) is 5.56 Å². The van der Waals surface area contributed by atoms with Crippen molar-refractivity contribution in [2.24, 2.45) is 0 Å². The molecule has 0 aliphatic heterocycles. The Morgan fingerprint density at radius 2 is 2.33 bits per heavy atom. The van der Waals surface area contributed by atoms with Gasteiger partial charge in [-0.1, -0.05) is 0 Å². The lowest BCUT2D eigenvalue weighted by atomic mass is 10.3. The van der Waals surface area contributed by atoms with E-state index < -0.39 is 4.92 Å². The van der Waals surface area contributed by atoms with Crippen LogP contribution in [0.5, 0.6) is 0 Å². The number of pyridine rings is 1. The number of rotatable bonds is 5. The molecule has 0 bridgehead atoms. The van der Waals surface area contributed by atoms with Gasteiger partial charge in [0.2, 0.25) is 5.82 Å². The first kappa shape index (κ1) is 12.1. The highest BCUT2D eigenvalue weighted by Gasteiger charge is 2.19. The van der Waals surface area contributed by atoms with E-state index in [1.165, 1.54) is 6.07 Å². The van der Waals surface area contributed by atoms with Crippen LogP contribution in [-0.2, 0) is 6.54 Å². The van der Waals surface area contributed by atoms with Gasteiger partial charge in [0.05, 0.1) is 17.4 Å². The van der Waals surface area contributed by atoms with Gasteiger partial charge < -0.3 is 9.32 Å². The molecule has 0 fully saturated rings. The van der Waals surface area contributed by atoms with Crippen LogP contribution in [0.3, 0.4) is 0 Å². The van der Waals surface area contributed by atoms with Gasteiger partial charge in [0.15, 0.2) is 0 Å². The van der Waals surface area contributed by atoms with Crippen LogP contribution in [-0.4, -0.2) is 16.5 Å². The van der Waals surface area contributed by atoms with Crippen molar-refractivity contribution in [3.63, 3.8) is 0 Å². The van der Waals surface area contributed by atoms with Crippen molar-refractivity contribution >= 4 is 11.5 Å². The predicted octanol–water partition coefficient (Wildman–Crippen LogP) is 2.61. The SMILES string of the molecule is CCN(Cc1ccoc1)c1ncccc1[N+](=O)[O-]. The Kier molecular flexibility index (Phi) is 3.57. The molecule has 0 N–H and O–H groups in total. The molecule has 0 aliphatic carbocycles. The molecule has 0 radical (unpaired) electrons. The van der Waals surface area contributed by atoms with Crippen LogP contribution < -0.4 is 4.90 Å². The van der Waals surface area contributed by atoms with E-state index in [1.807, 2.05) is 17.9 Å². The zero-order valence-corrected chi connectivity index (χ0v) is 9.94. The minimum atomic E-state index is -0.416. The first-order chi connectivity index (χ1) is 8.72. The molecule has 0 unspecified atom stereocenters. The molecule has 0 saturated heterocycles. The number of nitrogens with zero attached hydrogens (tertiary/aromatic N) is 3. The van der Waals surface area contributed by atoms with E-state index in [-0.39, 0.29) is 5.69 Å². The summed E-state index contributed by atoms with van der Waals surface area (Å²) in [7, 11) is 0. The third-order valence-corrected chi connectivity index (χ3v) is 2.60. The number of aromatic nitrogens is 1. The van der Waals surface area contributed by atoms with Crippen LogP contribution in [0.15, 0.2) is 41.3 Å². The highest BCUT2D eigenvalue weighted by molar-refractivity contribution is 5.57. The molecule has 0 amide bonds. The molecule has 0 aliphatic rings. The Labute approximate surface area is 104 Å². The number of hydrogen-bond donors (Lipinski definition) is 0. The Morgan fingerprint density at radius 3 is 2.94 bits per heavy atom. The highest BCUT2D eigenvalue weighted by Crippen LogP contribution is 2.25. The molecule has 2 aromatic rings. The fourth-order valence-electron chi connectivity index (χ4n) is 1.71. The molecule has 0 atom stereocenters. The van der Waals surface area contributed by atoms with Crippen LogP contribution >= 0.6 is 0 Å². The van der Waals surface area contributed by atoms with Gasteiger partial charge in [-0.25, -0.2) is 4.98 Å². The Bertz CT molecular complexity index is 525. The van der Waals surface area contributed by atoms with Gasteiger partial charge in [-0.3, -0.25) is 10.1 Å². The topological polar surface area (TPSA) is 72.4 Å². The number of nitro groups is 1. The summed E-state index contributed by atoms with van der Waals surface area (Å²) in [6, 6.07) is 4.85. The number of anilines is 1. The Balaban J connectivity index is 2.30. The molecule has 0 saturated carbocycles. The minimum absolute atomic E-state index is 0.0165. The van der Waals surface area contributed by atoms with E-state index in [4.69, 9.17) is 4.42 Å². The normalized spacial score (nSPS) is 10.3. The Morgan fingerprint density at radius 1 is 1.50 bits per heavy atom. The summed E-state index contributed by atoms with van der Waals surface area (Å²) < 4.78 is 4.99. The predicted molar refractivity (Wildman–Crippen MR) is 66.3 cm³/mol. The minimum Gasteiger partial charge on any atom is -0.472 e. The summed E-state index contributed by atoms with van der Waals surface area (Å²) in [5.41, 5.74) is 0.972. The maximum Gasteiger partial charge on any atom is 0.311 e. The van der Waals surface area contributed by atoms with E-state index in [2.05, 4.69) is 4.98 Å². The lowest BCUT2D eigenvalue weighted by molar-refractivity contribution is -0.384. The Hall–Kier alpha value is -2.37. The molecule has 94 valence electrons. The summed E-state index contributed by atoms with van der Waals surface area (Å²) in [6.45, 7) is 3.09. The summed E-state index contributed by atoms with van der Waals surface area (Å²) in [5.74, 6) is 0.381. The van der Waals surface area contributed by atoms with E-state index in [1.54, 1.807) is 24.8 Å². The molecule has 2 aromatic heterocycles. The van der Waals surface area contributed by atoms with E-state index in [0.29, 0.717) is 18.9 Å². The van der Waals surface area contributed by atoms with E-state index >= 15 is 0 Å². The summed E-state index contributed by atoms with van der Waals surface area (Å²) >= 11 is 0. The standard InChI is InChI=1S/C12H13N3O3/c1-2-14(8-10-5-7-18-9-10)12-11(15(16)17)4-3-6-13-12/h3-7,9H,2,8H2,1H3. The summed E-state index contributed by atoms with van der Waals surface area (Å²) in [6.07, 6.45) is 4.76. The van der Waals surface area contributed by atoms with Crippen molar-refractivity contribution in [1.82, 2.24) is 4.98 Å².